The molecule has 42 heavy (non-hydrogen) atoms. The van der Waals surface area contributed by atoms with E-state index >= 15 is 0 Å². The molecular formula is C39H26N2S. The molecule has 8 rings (SSSR count). The highest BCUT2D eigenvalue weighted by Gasteiger charge is 2.16. The van der Waals surface area contributed by atoms with Crippen molar-refractivity contribution in [3.8, 4) is 22.3 Å². The van der Waals surface area contributed by atoms with Gasteiger partial charge in [-0.25, -0.2) is 0 Å². The first-order chi connectivity index (χ1) is 20.8. The zero-order valence-electron chi connectivity index (χ0n) is 22.8. The lowest BCUT2D eigenvalue weighted by Gasteiger charge is -2.26. The van der Waals surface area contributed by atoms with E-state index in [0.717, 1.165) is 17.1 Å². The van der Waals surface area contributed by atoms with Crippen molar-refractivity contribution in [2.24, 2.45) is 0 Å². The third kappa shape index (κ3) is 4.32. The molecule has 0 spiro atoms. The van der Waals surface area contributed by atoms with Crippen molar-refractivity contribution in [2.75, 3.05) is 4.90 Å². The first kappa shape index (κ1) is 24.5. The lowest BCUT2D eigenvalue weighted by atomic mass is 9.98. The molecule has 0 atom stereocenters. The molecule has 0 unspecified atom stereocenters. The second kappa shape index (κ2) is 10.3. The smallest absolute Gasteiger partial charge is 0.0538 e. The van der Waals surface area contributed by atoms with E-state index in [9.17, 15) is 0 Å². The highest BCUT2D eigenvalue weighted by molar-refractivity contribution is 7.25. The van der Waals surface area contributed by atoms with Crippen LogP contribution in [0.3, 0.4) is 0 Å². The predicted octanol–water partition coefficient (Wildman–Crippen LogP) is 11.4. The SMILES string of the molecule is c1ccc(-c2ccc(N(c3ccc(-c4cccc5ccccc45)cc3)c3ccc4sc5cnccc5c4c3)cc2)cc1. The number of pyridine rings is 1. The number of nitrogens with zero attached hydrogens (tertiary/aromatic N) is 2. The van der Waals surface area contributed by atoms with Crippen LogP contribution in [0, 0.1) is 0 Å². The van der Waals surface area contributed by atoms with Gasteiger partial charge in [-0.1, -0.05) is 97.1 Å². The Hall–Kier alpha value is -5.25. The second-order valence-corrected chi connectivity index (χ2v) is 11.6. The molecule has 0 aliphatic heterocycles. The molecule has 2 aromatic heterocycles. The quantitative estimate of drug-likeness (QED) is 0.210. The molecule has 6 aromatic carbocycles. The third-order valence-electron chi connectivity index (χ3n) is 7.97. The zero-order chi connectivity index (χ0) is 27.9. The highest BCUT2D eigenvalue weighted by Crippen LogP contribution is 2.41. The molecule has 0 aliphatic carbocycles. The van der Waals surface area contributed by atoms with Crippen molar-refractivity contribution in [2.45, 2.75) is 0 Å². The van der Waals surface area contributed by atoms with Crippen LogP contribution in [0.1, 0.15) is 0 Å². The van der Waals surface area contributed by atoms with E-state index in [1.807, 2.05) is 12.4 Å². The van der Waals surface area contributed by atoms with Crippen LogP contribution in [0.2, 0.25) is 0 Å². The second-order valence-electron chi connectivity index (χ2n) is 10.5. The fourth-order valence-electron chi connectivity index (χ4n) is 5.91. The number of anilines is 3. The number of aromatic nitrogens is 1. The molecule has 198 valence electrons. The van der Waals surface area contributed by atoms with Gasteiger partial charge in [0.05, 0.1) is 4.70 Å². The van der Waals surface area contributed by atoms with Crippen molar-refractivity contribution in [3.63, 3.8) is 0 Å². The molecule has 8 aromatic rings. The minimum Gasteiger partial charge on any atom is -0.310 e. The van der Waals surface area contributed by atoms with E-state index in [1.165, 1.54) is 53.2 Å². The van der Waals surface area contributed by atoms with E-state index in [1.54, 1.807) is 11.3 Å². The molecule has 0 radical (unpaired) electrons. The Morgan fingerprint density at radius 1 is 0.452 bits per heavy atom. The van der Waals surface area contributed by atoms with Crippen molar-refractivity contribution in [1.82, 2.24) is 4.98 Å². The summed E-state index contributed by atoms with van der Waals surface area (Å²) in [6.07, 6.45) is 3.85. The van der Waals surface area contributed by atoms with Gasteiger partial charge in [0.25, 0.3) is 0 Å². The molecule has 2 heterocycles. The van der Waals surface area contributed by atoms with Crippen molar-refractivity contribution in [3.05, 3.63) is 158 Å². The summed E-state index contributed by atoms with van der Waals surface area (Å²) in [6, 6.07) is 52.4. The van der Waals surface area contributed by atoms with Crippen LogP contribution in [-0.4, -0.2) is 4.98 Å². The van der Waals surface area contributed by atoms with Gasteiger partial charge in [-0.15, -0.1) is 11.3 Å². The molecule has 0 saturated carbocycles. The van der Waals surface area contributed by atoms with Gasteiger partial charge in [-0.05, 0) is 81.6 Å². The topological polar surface area (TPSA) is 16.1 Å². The normalized spacial score (nSPS) is 11.3. The van der Waals surface area contributed by atoms with Gasteiger partial charge in [0, 0.05) is 44.9 Å². The molecule has 2 nitrogen and oxygen atoms in total. The van der Waals surface area contributed by atoms with Gasteiger partial charge >= 0.3 is 0 Å². The Kier molecular flexibility index (Phi) is 6.02. The summed E-state index contributed by atoms with van der Waals surface area (Å²) in [5.74, 6) is 0. The average molecular weight is 555 g/mol. The minimum absolute atomic E-state index is 1.12. The fraction of sp³-hybridized carbons (Fsp3) is 0. The Balaban J connectivity index is 1.25. The van der Waals surface area contributed by atoms with Crippen LogP contribution in [0.15, 0.2) is 158 Å². The number of hydrogen-bond acceptors (Lipinski definition) is 3. The Morgan fingerprint density at radius 2 is 1.12 bits per heavy atom. The average Bonchev–Trinajstić information content (AvgIpc) is 3.44. The highest BCUT2D eigenvalue weighted by atomic mass is 32.1. The lowest BCUT2D eigenvalue weighted by molar-refractivity contribution is 1.29. The minimum atomic E-state index is 1.12. The van der Waals surface area contributed by atoms with Crippen LogP contribution in [-0.2, 0) is 0 Å². The molecule has 3 heteroatoms. The molecular weight excluding hydrogens is 529 g/mol. The summed E-state index contributed by atoms with van der Waals surface area (Å²) in [4.78, 5) is 6.70. The largest absolute Gasteiger partial charge is 0.310 e. The van der Waals surface area contributed by atoms with Crippen LogP contribution in [0.25, 0.3) is 53.2 Å². The zero-order valence-corrected chi connectivity index (χ0v) is 23.6. The first-order valence-electron chi connectivity index (χ1n) is 14.1. The maximum Gasteiger partial charge on any atom is 0.0538 e. The molecule has 0 amide bonds. The van der Waals surface area contributed by atoms with Crippen LogP contribution in [0.4, 0.5) is 17.1 Å². The van der Waals surface area contributed by atoms with Gasteiger partial charge in [0.1, 0.15) is 0 Å². The summed E-state index contributed by atoms with van der Waals surface area (Å²) < 4.78 is 2.48. The summed E-state index contributed by atoms with van der Waals surface area (Å²) in [7, 11) is 0. The Labute approximate surface area is 248 Å². The van der Waals surface area contributed by atoms with Gasteiger partial charge in [0.2, 0.25) is 0 Å². The van der Waals surface area contributed by atoms with Gasteiger partial charge < -0.3 is 4.90 Å². The lowest BCUT2D eigenvalue weighted by Crippen LogP contribution is -2.09. The van der Waals surface area contributed by atoms with E-state index in [2.05, 4.69) is 155 Å². The monoisotopic (exact) mass is 554 g/mol. The molecule has 0 bridgehead atoms. The number of thiophene rings is 1. The fourth-order valence-corrected chi connectivity index (χ4v) is 6.96. The van der Waals surface area contributed by atoms with E-state index < -0.39 is 0 Å². The van der Waals surface area contributed by atoms with Crippen molar-refractivity contribution in [1.29, 1.82) is 0 Å². The Morgan fingerprint density at radius 3 is 1.93 bits per heavy atom. The Bertz CT molecular complexity index is 2170. The van der Waals surface area contributed by atoms with Crippen molar-refractivity contribution < 1.29 is 0 Å². The number of rotatable bonds is 5. The van der Waals surface area contributed by atoms with E-state index in [4.69, 9.17) is 0 Å². The molecule has 0 N–H and O–H groups in total. The number of benzene rings is 6. The van der Waals surface area contributed by atoms with Crippen LogP contribution in [0.5, 0.6) is 0 Å². The summed E-state index contributed by atoms with van der Waals surface area (Å²) >= 11 is 1.79. The summed E-state index contributed by atoms with van der Waals surface area (Å²) in [5, 5.41) is 5.03. The van der Waals surface area contributed by atoms with Gasteiger partial charge in [0.15, 0.2) is 0 Å². The predicted molar refractivity (Wildman–Crippen MR) is 180 cm³/mol. The first-order valence-corrected chi connectivity index (χ1v) is 14.9. The summed E-state index contributed by atoms with van der Waals surface area (Å²) in [6.45, 7) is 0. The molecule has 0 fully saturated rings. The van der Waals surface area contributed by atoms with E-state index in [0.29, 0.717) is 0 Å². The van der Waals surface area contributed by atoms with Gasteiger partial charge in [-0.3, -0.25) is 4.98 Å². The standard InChI is InChI=1S/C39H26N2S/c1-2-7-27(8-3-1)28-13-17-31(18-14-28)41(33-21-22-38-37(25-33)36-23-24-40-26-39(36)42-38)32-19-15-30(16-20-32)35-12-6-10-29-9-4-5-11-34(29)35/h1-26H. The summed E-state index contributed by atoms with van der Waals surface area (Å²) in [5.41, 5.74) is 8.25. The molecule has 0 saturated heterocycles. The molecule has 0 aliphatic rings. The van der Waals surface area contributed by atoms with Gasteiger partial charge in [-0.2, -0.15) is 0 Å². The van der Waals surface area contributed by atoms with Crippen molar-refractivity contribution >= 4 is 59.3 Å². The maximum atomic E-state index is 4.35. The van der Waals surface area contributed by atoms with Crippen LogP contribution < -0.4 is 4.90 Å². The third-order valence-corrected chi connectivity index (χ3v) is 9.10. The number of fused-ring (bicyclic) bond motifs is 4. The van der Waals surface area contributed by atoms with E-state index in [-0.39, 0.29) is 0 Å². The van der Waals surface area contributed by atoms with Crippen LogP contribution >= 0.6 is 11.3 Å². The number of hydrogen-bond donors (Lipinski definition) is 0. The maximum absolute atomic E-state index is 4.35.